The van der Waals surface area contributed by atoms with Gasteiger partial charge in [-0.15, -0.1) is 0 Å². The lowest BCUT2D eigenvalue weighted by molar-refractivity contribution is 0.168. The highest BCUT2D eigenvalue weighted by Crippen LogP contribution is 2.28. The van der Waals surface area contributed by atoms with Gasteiger partial charge in [-0.1, -0.05) is 12.8 Å². The third kappa shape index (κ3) is 3.23. The molecular weight excluding hydrogens is 248 g/mol. The van der Waals surface area contributed by atoms with Crippen molar-refractivity contribution < 1.29 is 0 Å². The highest BCUT2D eigenvalue weighted by molar-refractivity contribution is 5.00. The molecule has 3 rings (SSSR count). The van der Waals surface area contributed by atoms with Crippen LogP contribution in [0.5, 0.6) is 0 Å². The number of rotatable bonds is 4. The van der Waals surface area contributed by atoms with Crippen LogP contribution in [0.1, 0.15) is 57.2 Å². The number of nitrogens with zero attached hydrogens (tertiary/aromatic N) is 3. The van der Waals surface area contributed by atoms with Gasteiger partial charge in [0.15, 0.2) is 0 Å². The van der Waals surface area contributed by atoms with E-state index < -0.39 is 0 Å². The van der Waals surface area contributed by atoms with Crippen molar-refractivity contribution in [1.82, 2.24) is 20.0 Å². The first-order chi connectivity index (χ1) is 9.72. The molecule has 112 valence electrons. The van der Waals surface area contributed by atoms with Crippen LogP contribution in [-0.2, 0) is 6.54 Å². The van der Waals surface area contributed by atoms with Crippen molar-refractivity contribution in [1.29, 1.82) is 0 Å². The maximum Gasteiger partial charge on any atom is 0.0762 e. The molecule has 0 bridgehead atoms. The van der Waals surface area contributed by atoms with Crippen molar-refractivity contribution in [2.75, 3.05) is 13.6 Å². The largest absolute Gasteiger partial charge is 0.308 e. The van der Waals surface area contributed by atoms with Crippen LogP contribution in [0, 0.1) is 0 Å². The minimum atomic E-state index is 0.651. The van der Waals surface area contributed by atoms with E-state index in [-0.39, 0.29) is 0 Å². The molecule has 1 aromatic rings. The Morgan fingerprint density at radius 3 is 2.85 bits per heavy atom. The van der Waals surface area contributed by atoms with Crippen molar-refractivity contribution in [2.45, 2.75) is 70.1 Å². The lowest BCUT2D eigenvalue weighted by Crippen LogP contribution is -2.45. The topological polar surface area (TPSA) is 33.1 Å². The standard InChI is InChI=1S/C16H28N4/c1-13-11-14(7-9-19(13)2)17-12-15-8-10-20(18-15)16-5-3-4-6-16/h8,10,13-14,16-17H,3-7,9,11-12H2,1-2H3. The van der Waals surface area contributed by atoms with Crippen molar-refractivity contribution >= 4 is 0 Å². The van der Waals surface area contributed by atoms with Crippen LogP contribution in [0.4, 0.5) is 0 Å². The Kier molecular flexibility index (Phi) is 4.41. The lowest BCUT2D eigenvalue weighted by atomic mass is 9.99. The molecule has 2 fully saturated rings. The lowest BCUT2D eigenvalue weighted by Gasteiger charge is -2.35. The fourth-order valence-corrected chi connectivity index (χ4v) is 3.57. The van der Waals surface area contributed by atoms with Crippen LogP contribution in [0.15, 0.2) is 12.3 Å². The second-order valence-corrected chi connectivity index (χ2v) is 6.66. The highest BCUT2D eigenvalue weighted by Gasteiger charge is 2.22. The van der Waals surface area contributed by atoms with E-state index in [1.54, 1.807) is 0 Å². The zero-order chi connectivity index (χ0) is 13.9. The first-order valence-corrected chi connectivity index (χ1v) is 8.20. The van der Waals surface area contributed by atoms with Crippen molar-refractivity contribution in [2.24, 2.45) is 0 Å². The summed E-state index contributed by atoms with van der Waals surface area (Å²) in [6, 6.07) is 4.19. The molecule has 20 heavy (non-hydrogen) atoms. The second kappa shape index (κ2) is 6.27. The SMILES string of the molecule is CC1CC(NCc2ccn(C3CCCC3)n2)CCN1C. The Balaban J connectivity index is 1.48. The van der Waals surface area contributed by atoms with E-state index in [0.29, 0.717) is 18.1 Å². The third-order valence-electron chi connectivity index (χ3n) is 5.14. The van der Waals surface area contributed by atoms with Gasteiger partial charge in [-0.2, -0.15) is 5.10 Å². The van der Waals surface area contributed by atoms with Crippen LogP contribution in [0.25, 0.3) is 0 Å². The Hall–Kier alpha value is -0.870. The van der Waals surface area contributed by atoms with Gasteiger partial charge in [-0.3, -0.25) is 4.68 Å². The van der Waals surface area contributed by atoms with Gasteiger partial charge in [0.1, 0.15) is 0 Å². The molecule has 2 atom stereocenters. The molecule has 2 heterocycles. The smallest absolute Gasteiger partial charge is 0.0762 e. The molecule has 2 aliphatic rings. The fraction of sp³-hybridized carbons (Fsp3) is 0.812. The predicted molar refractivity (Wildman–Crippen MR) is 81.7 cm³/mol. The fourth-order valence-electron chi connectivity index (χ4n) is 3.57. The van der Waals surface area contributed by atoms with E-state index in [9.17, 15) is 0 Å². The molecule has 2 unspecified atom stereocenters. The minimum absolute atomic E-state index is 0.651. The summed E-state index contributed by atoms with van der Waals surface area (Å²) < 4.78 is 2.20. The minimum Gasteiger partial charge on any atom is -0.308 e. The molecule has 4 nitrogen and oxygen atoms in total. The Labute approximate surface area is 122 Å². The molecule has 0 aromatic carbocycles. The molecule has 4 heteroatoms. The van der Waals surface area contributed by atoms with Crippen LogP contribution >= 0.6 is 0 Å². The molecule has 1 N–H and O–H groups in total. The molecule has 1 saturated carbocycles. The number of likely N-dealkylation sites (tertiary alicyclic amines) is 1. The first-order valence-electron chi connectivity index (χ1n) is 8.20. The van der Waals surface area contributed by atoms with E-state index >= 15 is 0 Å². The predicted octanol–water partition coefficient (Wildman–Crippen LogP) is 2.57. The zero-order valence-electron chi connectivity index (χ0n) is 12.9. The summed E-state index contributed by atoms with van der Waals surface area (Å²) in [6.45, 7) is 4.44. The zero-order valence-corrected chi connectivity index (χ0v) is 12.9. The average Bonchev–Trinajstić information content (AvgIpc) is 3.09. The van der Waals surface area contributed by atoms with Crippen molar-refractivity contribution in [3.05, 3.63) is 18.0 Å². The van der Waals surface area contributed by atoms with Gasteiger partial charge in [0.25, 0.3) is 0 Å². The maximum atomic E-state index is 4.75. The van der Waals surface area contributed by atoms with Gasteiger partial charge in [-0.25, -0.2) is 0 Å². The van der Waals surface area contributed by atoms with E-state index in [2.05, 4.69) is 41.1 Å². The van der Waals surface area contributed by atoms with Crippen LogP contribution < -0.4 is 5.32 Å². The number of piperidine rings is 1. The summed E-state index contributed by atoms with van der Waals surface area (Å²) in [4.78, 5) is 2.45. The van der Waals surface area contributed by atoms with Gasteiger partial charge in [-0.05, 0) is 52.3 Å². The number of hydrogen-bond donors (Lipinski definition) is 1. The van der Waals surface area contributed by atoms with Crippen LogP contribution in [0.2, 0.25) is 0 Å². The van der Waals surface area contributed by atoms with E-state index in [1.807, 2.05) is 0 Å². The first kappa shape index (κ1) is 14.1. The summed E-state index contributed by atoms with van der Waals surface area (Å²) in [6.07, 6.45) is 10.0. The van der Waals surface area contributed by atoms with Gasteiger partial charge in [0.2, 0.25) is 0 Å². The Morgan fingerprint density at radius 1 is 1.30 bits per heavy atom. The summed E-state index contributed by atoms with van der Waals surface area (Å²) >= 11 is 0. The number of aromatic nitrogens is 2. The normalized spacial score (nSPS) is 29.1. The molecule has 0 radical (unpaired) electrons. The Bertz CT molecular complexity index is 422. The van der Waals surface area contributed by atoms with Crippen LogP contribution in [-0.4, -0.2) is 40.4 Å². The number of nitrogens with one attached hydrogen (secondary N) is 1. The van der Waals surface area contributed by atoms with Gasteiger partial charge in [0, 0.05) is 24.8 Å². The molecule has 0 spiro atoms. The van der Waals surface area contributed by atoms with Crippen molar-refractivity contribution in [3.8, 4) is 0 Å². The average molecular weight is 276 g/mol. The monoisotopic (exact) mass is 276 g/mol. The summed E-state index contributed by atoms with van der Waals surface area (Å²) in [5.41, 5.74) is 1.20. The quantitative estimate of drug-likeness (QED) is 0.917. The molecule has 0 amide bonds. The van der Waals surface area contributed by atoms with Gasteiger partial charge in [0.05, 0.1) is 11.7 Å². The molecule has 1 saturated heterocycles. The third-order valence-corrected chi connectivity index (χ3v) is 5.14. The summed E-state index contributed by atoms with van der Waals surface area (Å²) in [5.74, 6) is 0. The summed E-state index contributed by atoms with van der Waals surface area (Å²) in [7, 11) is 2.23. The van der Waals surface area contributed by atoms with Gasteiger partial charge >= 0.3 is 0 Å². The van der Waals surface area contributed by atoms with E-state index in [0.717, 1.165) is 6.54 Å². The van der Waals surface area contributed by atoms with Crippen molar-refractivity contribution in [3.63, 3.8) is 0 Å². The molecule has 1 aliphatic carbocycles. The number of hydrogen-bond acceptors (Lipinski definition) is 3. The summed E-state index contributed by atoms with van der Waals surface area (Å²) in [5, 5.41) is 8.44. The molecular formula is C16H28N4. The van der Waals surface area contributed by atoms with Crippen LogP contribution in [0.3, 0.4) is 0 Å². The highest BCUT2D eigenvalue weighted by atomic mass is 15.3. The van der Waals surface area contributed by atoms with E-state index in [1.165, 1.54) is 50.8 Å². The molecule has 1 aromatic heterocycles. The maximum absolute atomic E-state index is 4.75. The second-order valence-electron chi connectivity index (χ2n) is 6.66. The molecule has 1 aliphatic heterocycles. The Morgan fingerprint density at radius 2 is 2.10 bits per heavy atom. The van der Waals surface area contributed by atoms with Gasteiger partial charge < -0.3 is 10.2 Å². The van der Waals surface area contributed by atoms with E-state index in [4.69, 9.17) is 5.10 Å².